The summed E-state index contributed by atoms with van der Waals surface area (Å²) in [6.45, 7) is 1.42. The quantitative estimate of drug-likeness (QED) is 0.905. The summed E-state index contributed by atoms with van der Waals surface area (Å²) in [6, 6.07) is 16.5. The molecule has 1 saturated heterocycles. The van der Waals surface area contributed by atoms with E-state index < -0.39 is 5.97 Å². The fraction of sp³-hybridized carbons (Fsp3) is 0.364. The second kappa shape index (κ2) is 6.12. The molecule has 0 unspecified atom stereocenters. The van der Waals surface area contributed by atoms with Crippen molar-refractivity contribution in [1.82, 2.24) is 4.90 Å². The van der Waals surface area contributed by atoms with Crippen LogP contribution in [0.5, 0.6) is 0 Å². The van der Waals surface area contributed by atoms with Crippen LogP contribution >= 0.6 is 0 Å². The van der Waals surface area contributed by atoms with E-state index in [4.69, 9.17) is 4.74 Å². The van der Waals surface area contributed by atoms with Gasteiger partial charge in [0.25, 0.3) is 0 Å². The smallest absolute Gasteiger partial charge is 0.409 e. The molecule has 5 heteroatoms. The average molecular weight is 363 g/mol. The first-order valence-electron chi connectivity index (χ1n) is 9.46. The molecule has 0 radical (unpaired) electrons. The molecule has 1 saturated carbocycles. The van der Waals surface area contributed by atoms with E-state index in [2.05, 4.69) is 24.3 Å². The molecule has 5 nitrogen and oxygen atoms in total. The summed E-state index contributed by atoms with van der Waals surface area (Å²) in [5.74, 6) is -0.603. The largest absolute Gasteiger partial charge is 0.481 e. The fourth-order valence-electron chi connectivity index (χ4n) is 5.03. The number of nitrogens with zero attached hydrogens (tertiary/aromatic N) is 1. The average Bonchev–Trinajstić information content (AvgIpc) is 3.15. The van der Waals surface area contributed by atoms with E-state index in [0.717, 1.165) is 0 Å². The number of ether oxygens (including phenoxy) is 1. The van der Waals surface area contributed by atoms with Gasteiger partial charge in [-0.05, 0) is 40.5 Å². The number of hydrogen-bond donors (Lipinski definition) is 1. The highest BCUT2D eigenvalue weighted by atomic mass is 16.6. The summed E-state index contributed by atoms with van der Waals surface area (Å²) in [7, 11) is 0. The standard InChI is InChI=1S/C22H21NO4/c24-21(25)18-9-13-10-23(11-19(13)18)22(26)27-12-20-16-7-3-1-5-14(16)15-6-2-4-8-17(15)20/h1-8,13,18-20H,9-12H2,(H,24,25)/t13-,18-,19+/m1/s1. The van der Waals surface area contributed by atoms with Gasteiger partial charge in [0.15, 0.2) is 0 Å². The molecule has 5 rings (SSSR count). The first-order chi connectivity index (χ1) is 13.1. The highest BCUT2D eigenvalue weighted by molar-refractivity contribution is 5.79. The van der Waals surface area contributed by atoms with Crippen LogP contribution < -0.4 is 0 Å². The molecule has 3 aliphatic rings. The number of carboxylic acids is 1. The van der Waals surface area contributed by atoms with Gasteiger partial charge in [-0.25, -0.2) is 4.79 Å². The number of rotatable bonds is 3. The number of amides is 1. The molecule has 1 aliphatic heterocycles. The van der Waals surface area contributed by atoms with E-state index in [1.165, 1.54) is 22.3 Å². The molecular formula is C22H21NO4. The van der Waals surface area contributed by atoms with Gasteiger partial charge in [0.05, 0.1) is 5.92 Å². The van der Waals surface area contributed by atoms with Gasteiger partial charge in [-0.15, -0.1) is 0 Å². The van der Waals surface area contributed by atoms with Crippen molar-refractivity contribution in [1.29, 1.82) is 0 Å². The van der Waals surface area contributed by atoms with Crippen molar-refractivity contribution in [2.75, 3.05) is 19.7 Å². The van der Waals surface area contributed by atoms with Crippen molar-refractivity contribution in [2.45, 2.75) is 12.3 Å². The van der Waals surface area contributed by atoms with Crippen molar-refractivity contribution in [3.63, 3.8) is 0 Å². The molecule has 3 atom stereocenters. The van der Waals surface area contributed by atoms with Crippen LogP contribution in [0.25, 0.3) is 11.1 Å². The van der Waals surface area contributed by atoms with Crippen LogP contribution in [0.2, 0.25) is 0 Å². The van der Waals surface area contributed by atoms with Crippen molar-refractivity contribution in [2.24, 2.45) is 17.8 Å². The first-order valence-corrected chi connectivity index (χ1v) is 9.46. The number of hydrogen-bond acceptors (Lipinski definition) is 3. The molecule has 2 aromatic carbocycles. The second-order valence-corrected chi connectivity index (χ2v) is 7.81. The second-order valence-electron chi connectivity index (χ2n) is 7.81. The number of likely N-dealkylation sites (tertiary alicyclic amines) is 1. The molecule has 138 valence electrons. The Morgan fingerprint density at radius 2 is 1.63 bits per heavy atom. The van der Waals surface area contributed by atoms with Crippen LogP contribution in [0.3, 0.4) is 0 Å². The molecule has 0 aromatic heterocycles. The van der Waals surface area contributed by atoms with Gasteiger partial charge in [0.1, 0.15) is 6.61 Å². The van der Waals surface area contributed by atoms with Crippen LogP contribution in [0.4, 0.5) is 4.79 Å². The van der Waals surface area contributed by atoms with E-state index in [-0.39, 0.29) is 23.8 Å². The lowest BCUT2D eigenvalue weighted by atomic mass is 9.67. The fourth-order valence-corrected chi connectivity index (χ4v) is 5.03. The summed E-state index contributed by atoms with van der Waals surface area (Å²) in [5.41, 5.74) is 4.80. The Labute approximate surface area is 157 Å². The van der Waals surface area contributed by atoms with Gasteiger partial charge >= 0.3 is 12.1 Å². The van der Waals surface area contributed by atoms with Crippen molar-refractivity contribution >= 4 is 12.1 Å². The van der Waals surface area contributed by atoms with Crippen molar-refractivity contribution in [3.8, 4) is 11.1 Å². The Morgan fingerprint density at radius 3 is 2.26 bits per heavy atom. The highest BCUT2D eigenvalue weighted by Crippen LogP contribution is 2.47. The molecule has 1 amide bonds. The molecule has 1 heterocycles. The molecule has 0 spiro atoms. The summed E-state index contributed by atoms with van der Waals surface area (Å²) < 4.78 is 5.68. The van der Waals surface area contributed by atoms with Gasteiger partial charge in [0, 0.05) is 19.0 Å². The minimum atomic E-state index is -0.745. The number of benzene rings is 2. The van der Waals surface area contributed by atoms with Gasteiger partial charge in [-0.3, -0.25) is 4.79 Å². The SMILES string of the molecule is O=C(O)[C@@H]1C[C@@H]2CN(C(=O)OCC3c4ccccc4-c4ccccc43)C[C@@H]21. The maximum atomic E-state index is 12.6. The van der Waals surface area contributed by atoms with E-state index in [1.807, 2.05) is 24.3 Å². The molecule has 2 aliphatic carbocycles. The van der Waals surface area contributed by atoms with Crippen LogP contribution in [-0.2, 0) is 9.53 Å². The lowest BCUT2D eigenvalue weighted by molar-refractivity contribution is -0.149. The summed E-state index contributed by atoms with van der Waals surface area (Å²) in [6.07, 6.45) is 0.350. The molecular weight excluding hydrogens is 342 g/mol. The third kappa shape index (κ3) is 2.52. The van der Waals surface area contributed by atoms with Gasteiger partial charge in [0.2, 0.25) is 0 Å². The zero-order valence-corrected chi connectivity index (χ0v) is 14.9. The normalized spacial score (nSPS) is 25.3. The third-order valence-electron chi connectivity index (χ3n) is 6.48. The van der Waals surface area contributed by atoms with Gasteiger partial charge in [-0.2, -0.15) is 0 Å². The van der Waals surface area contributed by atoms with E-state index in [9.17, 15) is 14.7 Å². The lowest BCUT2D eigenvalue weighted by Crippen LogP contribution is -2.40. The monoisotopic (exact) mass is 363 g/mol. The Hall–Kier alpha value is -2.82. The number of carbonyl (C=O) groups excluding carboxylic acids is 1. The van der Waals surface area contributed by atoms with Gasteiger partial charge in [-0.1, -0.05) is 48.5 Å². The minimum Gasteiger partial charge on any atom is -0.481 e. The van der Waals surface area contributed by atoms with E-state index >= 15 is 0 Å². The van der Waals surface area contributed by atoms with E-state index in [1.54, 1.807) is 4.90 Å². The van der Waals surface area contributed by atoms with Gasteiger partial charge < -0.3 is 14.7 Å². The predicted octanol–water partition coefficient (Wildman–Crippen LogP) is 3.59. The summed E-state index contributed by atoms with van der Waals surface area (Å²) >= 11 is 0. The van der Waals surface area contributed by atoms with Crippen LogP contribution in [0.15, 0.2) is 48.5 Å². The molecule has 1 N–H and O–H groups in total. The number of carbonyl (C=O) groups is 2. The van der Waals surface area contributed by atoms with Crippen molar-refractivity contribution in [3.05, 3.63) is 59.7 Å². The topological polar surface area (TPSA) is 66.8 Å². The number of fused-ring (bicyclic) bond motifs is 4. The molecule has 27 heavy (non-hydrogen) atoms. The molecule has 2 aromatic rings. The Bertz CT molecular complexity index is 879. The number of carboxylic acid groups (broad SMARTS) is 1. The van der Waals surface area contributed by atoms with Crippen molar-refractivity contribution < 1.29 is 19.4 Å². The maximum absolute atomic E-state index is 12.6. The first kappa shape index (κ1) is 16.4. The maximum Gasteiger partial charge on any atom is 0.409 e. The van der Waals surface area contributed by atoms with Crippen LogP contribution in [-0.4, -0.2) is 41.8 Å². The van der Waals surface area contributed by atoms with Crippen LogP contribution in [0, 0.1) is 17.8 Å². The Balaban J connectivity index is 1.28. The lowest BCUT2D eigenvalue weighted by Gasteiger charge is -2.35. The van der Waals surface area contributed by atoms with E-state index in [0.29, 0.717) is 32.0 Å². The molecule has 0 bridgehead atoms. The zero-order chi connectivity index (χ0) is 18.5. The highest BCUT2D eigenvalue weighted by Gasteiger charge is 2.51. The summed E-state index contributed by atoms with van der Waals surface area (Å²) in [5, 5.41) is 9.20. The molecule has 2 fully saturated rings. The predicted molar refractivity (Wildman–Crippen MR) is 99.4 cm³/mol. The Morgan fingerprint density at radius 1 is 1.00 bits per heavy atom. The number of aliphatic carboxylic acids is 1. The third-order valence-corrected chi connectivity index (χ3v) is 6.48. The minimum absolute atomic E-state index is 0.0486. The zero-order valence-electron chi connectivity index (χ0n) is 14.9. The summed E-state index contributed by atoms with van der Waals surface area (Å²) in [4.78, 5) is 25.5. The Kier molecular flexibility index (Phi) is 3.71. The van der Waals surface area contributed by atoms with Crippen LogP contribution in [0.1, 0.15) is 23.5 Å².